The highest BCUT2D eigenvalue weighted by Crippen LogP contribution is 2.02. The molecule has 0 aromatic rings. The number of amides is 2. The molecule has 1 rings (SSSR count). The van der Waals surface area contributed by atoms with Crippen LogP contribution in [0, 0.1) is 0 Å². The number of carboxylic acids is 1. The van der Waals surface area contributed by atoms with Crippen molar-refractivity contribution < 1.29 is 14.7 Å². The van der Waals surface area contributed by atoms with Crippen LogP contribution in [0.25, 0.3) is 0 Å². The van der Waals surface area contributed by atoms with Gasteiger partial charge in [-0.1, -0.05) is 6.92 Å². The number of carbonyl (C=O) groups excluding carboxylic acids is 1. The number of rotatable bonds is 7. The van der Waals surface area contributed by atoms with Crippen molar-refractivity contribution >= 4 is 12.0 Å². The molecule has 7 heteroatoms. The second kappa shape index (κ2) is 8.84. The van der Waals surface area contributed by atoms with Gasteiger partial charge >= 0.3 is 12.0 Å². The zero-order valence-electron chi connectivity index (χ0n) is 13.3. The Bertz CT molecular complexity index is 343. The summed E-state index contributed by atoms with van der Waals surface area (Å²) in [6.07, 6.45) is 1.09. The summed E-state index contributed by atoms with van der Waals surface area (Å²) < 4.78 is 0. The maximum atomic E-state index is 12.0. The van der Waals surface area contributed by atoms with Gasteiger partial charge in [0.2, 0.25) is 0 Å². The highest BCUT2D eigenvalue weighted by molar-refractivity contribution is 5.74. The van der Waals surface area contributed by atoms with Crippen LogP contribution in [-0.2, 0) is 4.79 Å². The minimum Gasteiger partial charge on any atom is -0.480 e. The Morgan fingerprint density at radius 3 is 2.43 bits per heavy atom. The van der Waals surface area contributed by atoms with E-state index < -0.39 is 5.97 Å². The molecule has 0 saturated carbocycles. The van der Waals surface area contributed by atoms with Crippen molar-refractivity contribution in [2.75, 3.05) is 52.9 Å². The van der Waals surface area contributed by atoms with Crippen molar-refractivity contribution in [3.8, 4) is 0 Å². The van der Waals surface area contributed by atoms with Crippen LogP contribution >= 0.6 is 0 Å². The van der Waals surface area contributed by atoms with E-state index in [1.54, 1.807) is 4.90 Å². The van der Waals surface area contributed by atoms with Gasteiger partial charge in [-0.2, -0.15) is 0 Å². The SMILES string of the molecule is CCC(C)N(C)CCNC(=O)N1CCN(CC(=O)O)CC1. The summed E-state index contributed by atoms with van der Waals surface area (Å²) >= 11 is 0. The molecule has 1 atom stereocenters. The molecule has 0 spiro atoms. The number of likely N-dealkylation sites (N-methyl/N-ethyl adjacent to an activating group) is 1. The second-order valence-corrected chi connectivity index (χ2v) is 5.63. The van der Waals surface area contributed by atoms with Gasteiger partial charge in [-0.3, -0.25) is 9.69 Å². The van der Waals surface area contributed by atoms with Crippen LogP contribution in [0.5, 0.6) is 0 Å². The number of nitrogens with zero attached hydrogens (tertiary/aromatic N) is 3. The summed E-state index contributed by atoms with van der Waals surface area (Å²) in [5.41, 5.74) is 0. The van der Waals surface area contributed by atoms with Crippen molar-refractivity contribution in [3.63, 3.8) is 0 Å². The Labute approximate surface area is 126 Å². The van der Waals surface area contributed by atoms with Gasteiger partial charge in [-0.15, -0.1) is 0 Å². The Kier molecular flexibility index (Phi) is 7.45. The first-order chi connectivity index (χ1) is 9.93. The minimum absolute atomic E-state index is 0.0508. The minimum atomic E-state index is -0.819. The predicted molar refractivity (Wildman–Crippen MR) is 81.4 cm³/mol. The molecule has 1 unspecified atom stereocenters. The van der Waals surface area contributed by atoms with Gasteiger partial charge in [0.05, 0.1) is 6.54 Å². The molecule has 0 aromatic carbocycles. The summed E-state index contributed by atoms with van der Waals surface area (Å²) in [5, 5.41) is 11.7. The normalized spacial score (nSPS) is 17.8. The topological polar surface area (TPSA) is 76.1 Å². The summed E-state index contributed by atoms with van der Waals surface area (Å²) in [4.78, 5) is 28.5. The molecule has 7 nitrogen and oxygen atoms in total. The van der Waals surface area contributed by atoms with Gasteiger partial charge < -0.3 is 20.2 Å². The largest absolute Gasteiger partial charge is 0.480 e. The standard InChI is InChI=1S/C14H28N4O3/c1-4-12(2)16(3)6-5-15-14(21)18-9-7-17(8-10-18)11-13(19)20/h12H,4-11H2,1-3H3,(H,15,21)(H,19,20). The number of hydrogen-bond acceptors (Lipinski definition) is 4. The van der Waals surface area contributed by atoms with E-state index in [2.05, 4.69) is 31.1 Å². The molecule has 1 fully saturated rings. The predicted octanol–water partition coefficient (Wildman–Crippen LogP) is 0.129. The number of urea groups is 1. The highest BCUT2D eigenvalue weighted by atomic mass is 16.4. The van der Waals surface area contributed by atoms with Crippen LogP contribution in [0.1, 0.15) is 20.3 Å². The quantitative estimate of drug-likeness (QED) is 0.699. The third-order valence-corrected chi connectivity index (χ3v) is 4.10. The van der Waals surface area contributed by atoms with E-state index >= 15 is 0 Å². The van der Waals surface area contributed by atoms with E-state index in [-0.39, 0.29) is 12.6 Å². The van der Waals surface area contributed by atoms with Gasteiger partial charge in [-0.05, 0) is 20.4 Å². The fourth-order valence-electron chi connectivity index (χ4n) is 2.28. The van der Waals surface area contributed by atoms with Crippen LogP contribution in [0.3, 0.4) is 0 Å². The van der Waals surface area contributed by atoms with Gasteiger partial charge in [0.15, 0.2) is 0 Å². The van der Waals surface area contributed by atoms with Crippen LogP contribution in [0.2, 0.25) is 0 Å². The summed E-state index contributed by atoms with van der Waals surface area (Å²) in [6, 6.07) is 0.462. The lowest BCUT2D eigenvalue weighted by Crippen LogP contribution is -2.53. The third-order valence-electron chi connectivity index (χ3n) is 4.10. The summed E-state index contributed by atoms with van der Waals surface area (Å²) in [6.45, 7) is 8.24. The molecule has 0 aromatic heterocycles. The first-order valence-electron chi connectivity index (χ1n) is 7.61. The van der Waals surface area contributed by atoms with E-state index in [9.17, 15) is 9.59 Å². The number of carboxylic acid groups (broad SMARTS) is 1. The van der Waals surface area contributed by atoms with Crippen molar-refractivity contribution in [2.45, 2.75) is 26.3 Å². The van der Waals surface area contributed by atoms with Gasteiger partial charge in [-0.25, -0.2) is 4.79 Å². The average Bonchev–Trinajstić information content (AvgIpc) is 2.46. The molecule has 0 bridgehead atoms. The lowest BCUT2D eigenvalue weighted by molar-refractivity contribution is -0.138. The zero-order chi connectivity index (χ0) is 15.8. The highest BCUT2D eigenvalue weighted by Gasteiger charge is 2.22. The van der Waals surface area contributed by atoms with Crippen LogP contribution < -0.4 is 5.32 Å². The molecule has 1 heterocycles. The van der Waals surface area contributed by atoms with Crippen molar-refractivity contribution in [1.82, 2.24) is 20.0 Å². The molecule has 21 heavy (non-hydrogen) atoms. The van der Waals surface area contributed by atoms with Crippen LogP contribution in [0.15, 0.2) is 0 Å². The molecule has 2 amide bonds. The molecule has 1 aliphatic heterocycles. The van der Waals surface area contributed by atoms with Gasteiger partial charge in [0.25, 0.3) is 0 Å². The maximum absolute atomic E-state index is 12.0. The molecular weight excluding hydrogens is 272 g/mol. The first-order valence-corrected chi connectivity index (χ1v) is 7.61. The van der Waals surface area contributed by atoms with Crippen molar-refractivity contribution in [3.05, 3.63) is 0 Å². The number of hydrogen-bond donors (Lipinski definition) is 2. The van der Waals surface area contributed by atoms with E-state index in [0.717, 1.165) is 13.0 Å². The molecule has 1 saturated heterocycles. The van der Waals surface area contributed by atoms with Crippen LogP contribution in [0.4, 0.5) is 4.79 Å². The zero-order valence-corrected chi connectivity index (χ0v) is 13.3. The van der Waals surface area contributed by atoms with E-state index in [4.69, 9.17) is 5.11 Å². The molecular formula is C14H28N4O3. The van der Waals surface area contributed by atoms with E-state index in [1.807, 2.05) is 4.90 Å². The monoisotopic (exact) mass is 300 g/mol. The molecule has 1 aliphatic rings. The summed E-state index contributed by atoms with van der Waals surface area (Å²) in [5.74, 6) is -0.819. The molecule has 0 aliphatic carbocycles. The van der Waals surface area contributed by atoms with Gasteiger partial charge in [0.1, 0.15) is 0 Å². The van der Waals surface area contributed by atoms with E-state index in [1.165, 1.54) is 0 Å². The van der Waals surface area contributed by atoms with Crippen molar-refractivity contribution in [2.24, 2.45) is 0 Å². The molecule has 2 N–H and O–H groups in total. The fraction of sp³-hybridized carbons (Fsp3) is 0.857. The number of carbonyl (C=O) groups is 2. The van der Waals surface area contributed by atoms with E-state index in [0.29, 0.717) is 38.8 Å². The van der Waals surface area contributed by atoms with Crippen molar-refractivity contribution in [1.29, 1.82) is 0 Å². The Balaban J connectivity index is 2.21. The Hall–Kier alpha value is -1.34. The molecule has 122 valence electrons. The fourth-order valence-corrected chi connectivity index (χ4v) is 2.28. The number of aliphatic carboxylic acids is 1. The smallest absolute Gasteiger partial charge is 0.317 e. The Morgan fingerprint density at radius 2 is 1.90 bits per heavy atom. The van der Waals surface area contributed by atoms with Crippen LogP contribution in [-0.4, -0.2) is 90.7 Å². The Morgan fingerprint density at radius 1 is 1.29 bits per heavy atom. The lowest BCUT2D eigenvalue weighted by Gasteiger charge is -2.34. The molecule has 0 radical (unpaired) electrons. The van der Waals surface area contributed by atoms with Gasteiger partial charge in [0, 0.05) is 45.3 Å². The third kappa shape index (κ3) is 6.31. The average molecular weight is 300 g/mol. The summed E-state index contributed by atoms with van der Waals surface area (Å²) in [7, 11) is 2.06. The lowest BCUT2D eigenvalue weighted by atomic mass is 10.2. The maximum Gasteiger partial charge on any atom is 0.317 e. The first kappa shape index (κ1) is 17.7. The number of piperazine rings is 1. The number of nitrogens with one attached hydrogen (secondary N) is 1. The second-order valence-electron chi connectivity index (χ2n) is 5.63.